The number of rotatable bonds is 16. The molecule has 1 N–H and O–H groups in total. The molecular weight excluding hydrogens is 924 g/mol. The van der Waals surface area contributed by atoms with Gasteiger partial charge in [0.15, 0.2) is 0 Å². The summed E-state index contributed by atoms with van der Waals surface area (Å²) in [5.74, 6) is 0.161. The highest BCUT2D eigenvalue weighted by Crippen LogP contribution is 2.42. The zero-order chi connectivity index (χ0) is 49.0. The number of anilines is 2. The number of benzene rings is 2. The summed E-state index contributed by atoms with van der Waals surface area (Å²) in [5, 5.41) is 3.15. The highest BCUT2D eigenvalue weighted by molar-refractivity contribution is 8.01. The molecule has 14 nitrogen and oxygen atoms in total. The average molecular weight is 1000 g/mol. The lowest BCUT2D eigenvalue weighted by Crippen LogP contribution is -2.54. The minimum Gasteiger partial charge on any atom is -0.444 e. The number of fused-ring (bicyclic) bond motifs is 2. The Morgan fingerprint density at radius 1 is 0.735 bits per heavy atom. The van der Waals surface area contributed by atoms with Crippen LogP contribution in [0.4, 0.5) is 16.2 Å². The Labute approximate surface area is 421 Å². The molecule has 0 bridgehead atoms. The maximum Gasteiger partial charge on any atom is 0.410 e. The van der Waals surface area contributed by atoms with E-state index in [1.54, 1.807) is 30.9 Å². The molecule has 17 heteroatoms. The van der Waals surface area contributed by atoms with Crippen LogP contribution in [0.2, 0.25) is 0 Å². The largest absolute Gasteiger partial charge is 0.444 e. The van der Waals surface area contributed by atoms with Crippen molar-refractivity contribution in [1.29, 1.82) is 0 Å². The van der Waals surface area contributed by atoms with Crippen LogP contribution >= 0.6 is 35.9 Å². The lowest BCUT2D eigenvalue weighted by Gasteiger charge is -2.41. The summed E-state index contributed by atoms with van der Waals surface area (Å²) in [6.45, 7) is 23.1. The van der Waals surface area contributed by atoms with Crippen molar-refractivity contribution in [3.63, 3.8) is 0 Å². The zero-order valence-corrected chi connectivity index (χ0v) is 44.9. The van der Waals surface area contributed by atoms with Gasteiger partial charge in [0.25, 0.3) is 11.8 Å². The second kappa shape index (κ2) is 26.6. The number of amides is 5. The second-order valence-corrected chi connectivity index (χ2v) is 22.4. The van der Waals surface area contributed by atoms with E-state index in [0.717, 1.165) is 85.6 Å². The molecule has 5 amide bonds. The van der Waals surface area contributed by atoms with E-state index in [9.17, 15) is 24.0 Å². The molecule has 0 aliphatic carbocycles. The van der Waals surface area contributed by atoms with E-state index < -0.39 is 5.60 Å². The Morgan fingerprint density at radius 3 is 1.63 bits per heavy atom. The Balaban J connectivity index is 0.000000298. The second-order valence-electron chi connectivity index (χ2n) is 19.6. The maximum absolute atomic E-state index is 13.9. The number of halogens is 1. The summed E-state index contributed by atoms with van der Waals surface area (Å²) in [6, 6.07) is 11.7. The molecule has 6 rings (SSSR count). The van der Waals surface area contributed by atoms with Crippen LogP contribution in [0.1, 0.15) is 134 Å². The normalized spacial score (nSPS) is 20.5. The molecule has 2 aromatic carbocycles. The van der Waals surface area contributed by atoms with Crippen LogP contribution in [0.25, 0.3) is 0 Å². The summed E-state index contributed by atoms with van der Waals surface area (Å²) < 4.78 is 15.9. The van der Waals surface area contributed by atoms with Crippen LogP contribution in [-0.4, -0.2) is 151 Å². The summed E-state index contributed by atoms with van der Waals surface area (Å²) in [6.07, 6.45) is 6.89. The standard InChI is InChI=1S/C28H43N3O5S.C23H35N3O3S.ClH/c1-19(2)31(22-11-10-14-29(18-22)27(34)36-28(4,5)6)26(33)21-12-13-24-23(17-21)30(15-8-9-16-35-7)25(32)20(3)37-24;1-16(2)26(19-8-7-11-24-15-19)23(28)18-9-10-21-20(14-18)25(12-5-6-13-29-4)22(27)17(3)30-21;/h12-13,17,19-20,22H,8-11,14-16,18H2,1-7H3;9-10,14,16-17,19,24H,5-8,11-13,15H2,1-4H3;1H/t20-,22-;17-,19-;/m11./s1. The molecule has 0 saturated carbocycles. The number of nitrogens with zero attached hydrogens (tertiary/aromatic N) is 5. The first-order valence-corrected chi connectivity index (χ1v) is 26.2. The molecule has 2 saturated heterocycles. The van der Waals surface area contributed by atoms with E-state index in [2.05, 4.69) is 19.2 Å². The van der Waals surface area contributed by atoms with Crippen LogP contribution in [0.3, 0.4) is 0 Å². The number of carbonyl (C=O) groups is 5. The van der Waals surface area contributed by atoms with Crippen molar-refractivity contribution >= 4 is 77.0 Å². The van der Waals surface area contributed by atoms with Gasteiger partial charge in [-0.15, -0.1) is 35.9 Å². The van der Waals surface area contributed by atoms with Gasteiger partial charge in [-0.05, 0) is 157 Å². The van der Waals surface area contributed by atoms with Gasteiger partial charge in [-0.1, -0.05) is 0 Å². The van der Waals surface area contributed by atoms with E-state index >= 15 is 0 Å². The third kappa shape index (κ3) is 15.0. The highest BCUT2D eigenvalue weighted by atomic mass is 35.5. The highest BCUT2D eigenvalue weighted by Gasteiger charge is 2.37. The molecule has 0 spiro atoms. The Kier molecular flexibility index (Phi) is 22.3. The lowest BCUT2D eigenvalue weighted by atomic mass is 10.0. The van der Waals surface area contributed by atoms with Crippen LogP contribution in [0.15, 0.2) is 46.2 Å². The van der Waals surface area contributed by atoms with E-state index in [4.69, 9.17) is 14.2 Å². The molecule has 4 heterocycles. The Bertz CT molecular complexity index is 2010. The topological polar surface area (TPSA) is 141 Å². The third-order valence-electron chi connectivity index (χ3n) is 12.5. The van der Waals surface area contributed by atoms with Gasteiger partial charge < -0.3 is 44.0 Å². The van der Waals surface area contributed by atoms with Gasteiger partial charge in [-0.3, -0.25) is 19.2 Å². The molecule has 0 aromatic heterocycles. The molecule has 0 radical (unpaired) electrons. The van der Waals surface area contributed by atoms with E-state index in [1.807, 2.05) is 104 Å². The predicted molar refractivity (Wildman–Crippen MR) is 277 cm³/mol. The number of carbonyl (C=O) groups excluding carboxylic acids is 5. The fourth-order valence-electron chi connectivity index (χ4n) is 9.26. The van der Waals surface area contributed by atoms with Crippen molar-refractivity contribution in [2.45, 2.75) is 164 Å². The number of hydrogen-bond acceptors (Lipinski definition) is 11. The van der Waals surface area contributed by atoms with Gasteiger partial charge in [0.1, 0.15) is 5.60 Å². The minimum absolute atomic E-state index is 0. The van der Waals surface area contributed by atoms with Crippen molar-refractivity contribution in [2.75, 3.05) is 76.5 Å². The summed E-state index contributed by atoms with van der Waals surface area (Å²) in [5.41, 5.74) is 2.34. The fourth-order valence-corrected chi connectivity index (χ4v) is 11.4. The number of thioether (sulfide) groups is 2. The molecular formula is C51H79ClN6O8S2. The number of unbranched alkanes of at least 4 members (excludes halogenated alkanes) is 2. The Hall–Kier alpha value is -3.54. The van der Waals surface area contributed by atoms with Crippen LogP contribution in [0, 0.1) is 0 Å². The maximum atomic E-state index is 13.9. The monoisotopic (exact) mass is 1000 g/mol. The summed E-state index contributed by atoms with van der Waals surface area (Å²) >= 11 is 3.12. The average Bonchev–Trinajstić information content (AvgIpc) is 3.28. The van der Waals surface area contributed by atoms with Gasteiger partial charge in [-0.25, -0.2) is 4.79 Å². The number of hydrogen-bond donors (Lipinski definition) is 1. The minimum atomic E-state index is -0.566. The number of nitrogens with one attached hydrogen (secondary N) is 1. The van der Waals surface area contributed by atoms with Gasteiger partial charge in [0, 0.05) is 99.2 Å². The molecule has 2 aromatic rings. The van der Waals surface area contributed by atoms with Crippen molar-refractivity contribution < 1.29 is 38.2 Å². The van der Waals surface area contributed by atoms with Gasteiger partial charge in [0.05, 0.1) is 27.9 Å². The van der Waals surface area contributed by atoms with E-state index in [0.29, 0.717) is 50.5 Å². The molecule has 4 aliphatic rings. The van der Waals surface area contributed by atoms with E-state index in [-0.39, 0.29) is 76.8 Å². The van der Waals surface area contributed by atoms with Gasteiger partial charge >= 0.3 is 6.09 Å². The number of methoxy groups -OCH3 is 2. The molecule has 4 aliphatic heterocycles. The van der Waals surface area contributed by atoms with Gasteiger partial charge in [0.2, 0.25) is 11.8 Å². The first-order valence-electron chi connectivity index (χ1n) is 24.4. The number of piperidine rings is 2. The van der Waals surface area contributed by atoms with Crippen molar-refractivity contribution in [1.82, 2.24) is 20.0 Å². The lowest BCUT2D eigenvalue weighted by molar-refractivity contribution is -0.118. The SMILES string of the molecule is COCCCCN1C(=O)[C@@H](C)Sc2ccc(C(=O)N(C(C)C)[C@@H]3CCCN(C(=O)OC(C)(C)C)C3)cc21.COCCCCN1C(=O)[C@@H](C)Sc2ccc(C(=O)N(C(C)C)[C@@H]3CCCNC3)cc21.Cl. The Morgan fingerprint density at radius 2 is 1.21 bits per heavy atom. The third-order valence-corrected chi connectivity index (χ3v) is 14.8. The predicted octanol–water partition coefficient (Wildman–Crippen LogP) is 9.16. The zero-order valence-electron chi connectivity index (χ0n) is 42.5. The summed E-state index contributed by atoms with van der Waals surface area (Å²) in [7, 11) is 3.37. The molecule has 4 atom stereocenters. The number of ether oxygens (including phenoxy) is 3. The molecule has 380 valence electrons. The van der Waals surface area contributed by atoms with Crippen LogP contribution < -0.4 is 15.1 Å². The fraction of sp³-hybridized carbons (Fsp3) is 0.667. The quantitative estimate of drug-likeness (QED) is 0.161. The first kappa shape index (κ1) is 57.0. The number of likely N-dealkylation sites (tertiary alicyclic amines) is 1. The van der Waals surface area contributed by atoms with Crippen molar-refractivity contribution in [3.05, 3.63) is 47.5 Å². The van der Waals surface area contributed by atoms with Crippen molar-refractivity contribution in [2.24, 2.45) is 0 Å². The first-order chi connectivity index (χ1) is 31.9. The summed E-state index contributed by atoms with van der Waals surface area (Å²) in [4.78, 5) is 77.5. The van der Waals surface area contributed by atoms with Crippen molar-refractivity contribution in [3.8, 4) is 0 Å². The molecule has 2 fully saturated rings. The molecule has 68 heavy (non-hydrogen) atoms. The molecule has 0 unspecified atom stereocenters. The smallest absolute Gasteiger partial charge is 0.410 e. The van der Waals surface area contributed by atoms with Gasteiger partial charge in [-0.2, -0.15) is 0 Å². The van der Waals surface area contributed by atoms with Crippen LogP contribution in [0.5, 0.6) is 0 Å². The van der Waals surface area contributed by atoms with E-state index in [1.165, 1.54) is 11.8 Å². The van der Waals surface area contributed by atoms with Crippen LogP contribution in [-0.2, 0) is 23.8 Å².